The van der Waals surface area contributed by atoms with Crippen molar-refractivity contribution < 1.29 is 13.9 Å². The maximum absolute atomic E-state index is 13.3. The number of hydrogen-bond acceptors (Lipinski definition) is 3. The first-order valence-corrected chi connectivity index (χ1v) is 9.11. The molecule has 140 valence electrons. The van der Waals surface area contributed by atoms with Crippen molar-refractivity contribution in [2.45, 2.75) is 25.3 Å². The molecule has 0 saturated carbocycles. The van der Waals surface area contributed by atoms with E-state index in [1.807, 2.05) is 18.2 Å². The van der Waals surface area contributed by atoms with Crippen molar-refractivity contribution in [2.24, 2.45) is 0 Å². The minimum atomic E-state index is -0.443. The summed E-state index contributed by atoms with van der Waals surface area (Å²) in [5.41, 5.74) is 2.87. The Kier molecular flexibility index (Phi) is 5.86. The van der Waals surface area contributed by atoms with Gasteiger partial charge < -0.3 is 15.4 Å². The van der Waals surface area contributed by atoms with Crippen LogP contribution in [0.5, 0.6) is 0 Å². The monoisotopic (exact) mass is 384 g/mol. The summed E-state index contributed by atoms with van der Waals surface area (Å²) in [5, 5.41) is 6.64. The molecule has 0 aliphatic carbocycles. The summed E-state index contributed by atoms with van der Waals surface area (Å²) in [6.07, 6.45) is 0.654. The number of thiocarbonyl (C=S) groups is 1. The molecule has 0 spiro atoms. The lowest BCUT2D eigenvalue weighted by molar-refractivity contribution is -0.136. The quantitative estimate of drug-likeness (QED) is 0.607. The molecule has 1 aliphatic rings. The number of carbonyl (C=O) groups is 1. The van der Waals surface area contributed by atoms with Crippen molar-refractivity contribution >= 4 is 29.0 Å². The van der Waals surface area contributed by atoms with Crippen LogP contribution in [-0.4, -0.2) is 24.2 Å². The first kappa shape index (κ1) is 19.0. The van der Waals surface area contributed by atoms with Gasteiger partial charge in [-0.05, 0) is 59.9 Å². The lowest BCUT2D eigenvalue weighted by Gasteiger charge is -2.32. The molecule has 2 atom stereocenters. The first-order chi connectivity index (χ1) is 13.0. The van der Waals surface area contributed by atoms with Gasteiger partial charge in [-0.25, -0.2) is 9.18 Å². The van der Waals surface area contributed by atoms with E-state index in [-0.39, 0.29) is 17.8 Å². The third-order valence-corrected chi connectivity index (χ3v) is 4.88. The van der Waals surface area contributed by atoms with E-state index in [2.05, 4.69) is 29.7 Å². The van der Waals surface area contributed by atoms with Gasteiger partial charge in [0.05, 0.1) is 24.4 Å². The fraction of sp³-hybridized carbons (Fsp3) is 0.238. The van der Waals surface area contributed by atoms with Crippen LogP contribution in [0.3, 0.4) is 0 Å². The Morgan fingerprint density at radius 2 is 1.85 bits per heavy atom. The zero-order valence-electron chi connectivity index (χ0n) is 15.2. The molecule has 2 aromatic rings. The number of benzene rings is 2. The van der Waals surface area contributed by atoms with E-state index in [0.717, 1.165) is 0 Å². The van der Waals surface area contributed by atoms with Gasteiger partial charge in [-0.2, -0.15) is 0 Å². The fourth-order valence-electron chi connectivity index (χ4n) is 3.27. The van der Waals surface area contributed by atoms with Crippen LogP contribution < -0.4 is 10.6 Å². The van der Waals surface area contributed by atoms with Gasteiger partial charge in [-0.15, -0.1) is 0 Å². The van der Waals surface area contributed by atoms with Crippen molar-refractivity contribution in [3.8, 4) is 0 Å². The molecule has 4 nitrogen and oxygen atoms in total. The zero-order valence-corrected chi connectivity index (χ0v) is 16.0. The number of carbonyl (C=O) groups excluding carboxylic acids is 1. The highest BCUT2D eigenvalue weighted by atomic mass is 32.1. The SMILES string of the molecule is COC(=O)C1=C(c2ccc(F)cc2)NC(=S)NC1CC(C)c1ccccc1. The van der Waals surface area contributed by atoms with E-state index >= 15 is 0 Å². The number of nitrogens with one attached hydrogen (secondary N) is 2. The normalized spacial score (nSPS) is 17.7. The lowest BCUT2D eigenvalue weighted by atomic mass is 9.88. The van der Waals surface area contributed by atoms with E-state index in [4.69, 9.17) is 17.0 Å². The van der Waals surface area contributed by atoms with Crippen molar-refractivity contribution in [3.63, 3.8) is 0 Å². The molecule has 1 heterocycles. The predicted molar refractivity (Wildman–Crippen MR) is 107 cm³/mol. The van der Waals surface area contributed by atoms with Crippen LogP contribution >= 0.6 is 12.2 Å². The Morgan fingerprint density at radius 1 is 1.19 bits per heavy atom. The molecular formula is C21H21FN2O2S. The standard InChI is InChI=1S/C21H21FN2O2S/c1-13(14-6-4-3-5-7-14)12-17-18(20(25)26-2)19(24-21(27)23-17)15-8-10-16(22)11-9-15/h3-11,13,17H,12H2,1-2H3,(H2,23,24,27). The Balaban J connectivity index is 2.00. The summed E-state index contributed by atoms with van der Waals surface area (Å²) in [4.78, 5) is 12.6. The van der Waals surface area contributed by atoms with Gasteiger partial charge in [0.15, 0.2) is 5.11 Å². The number of ether oxygens (including phenoxy) is 1. The lowest BCUT2D eigenvalue weighted by Crippen LogP contribution is -2.50. The molecule has 0 aromatic heterocycles. The van der Waals surface area contributed by atoms with Gasteiger partial charge in [0, 0.05) is 0 Å². The van der Waals surface area contributed by atoms with Gasteiger partial charge in [-0.3, -0.25) is 0 Å². The van der Waals surface area contributed by atoms with Crippen LogP contribution in [-0.2, 0) is 9.53 Å². The van der Waals surface area contributed by atoms with Crippen LogP contribution in [0.25, 0.3) is 5.70 Å². The summed E-state index contributed by atoms with van der Waals surface area (Å²) in [6.45, 7) is 2.11. The second-order valence-corrected chi connectivity index (χ2v) is 6.89. The number of halogens is 1. The average Bonchev–Trinajstić information content (AvgIpc) is 2.68. The average molecular weight is 384 g/mol. The fourth-order valence-corrected chi connectivity index (χ4v) is 3.51. The number of rotatable bonds is 5. The van der Waals surface area contributed by atoms with Gasteiger partial charge in [-0.1, -0.05) is 37.3 Å². The van der Waals surface area contributed by atoms with E-state index in [0.29, 0.717) is 28.4 Å². The van der Waals surface area contributed by atoms with Crippen molar-refractivity contribution in [1.29, 1.82) is 0 Å². The molecule has 2 N–H and O–H groups in total. The van der Waals surface area contributed by atoms with Crippen LogP contribution in [0.1, 0.15) is 30.4 Å². The third kappa shape index (κ3) is 4.34. The highest BCUT2D eigenvalue weighted by Crippen LogP contribution is 2.29. The molecular weight excluding hydrogens is 363 g/mol. The Hall–Kier alpha value is -2.73. The van der Waals surface area contributed by atoms with Gasteiger partial charge in [0.25, 0.3) is 0 Å². The molecule has 3 rings (SSSR count). The largest absolute Gasteiger partial charge is 0.466 e. The molecule has 0 fully saturated rings. The molecule has 0 bridgehead atoms. The van der Waals surface area contributed by atoms with Gasteiger partial charge >= 0.3 is 5.97 Å². The summed E-state index contributed by atoms with van der Waals surface area (Å²) >= 11 is 5.35. The third-order valence-electron chi connectivity index (χ3n) is 4.66. The highest BCUT2D eigenvalue weighted by Gasteiger charge is 2.32. The smallest absolute Gasteiger partial charge is 0.337 e. The molecule has 0 radical (unpaired) electrons. The minimum absolute atomic E-state index is 0.193. The molecule has 0 amide bonds. The van der Waals surface area contributed by atoms with Crippen molar-refractivity contribution in [2.75, 3.05) is 7.11 Å². The maximum Gasteiger partial charge on any atom is 0.337 e. The van der Waals surface area contributed by atoms with E-state index in [1.54, 1.807) is 12.1 Å². The Morgan fingerprint density at radius 3 is 2.48 bits per heavy atom. The number of hydrogen-bond donors (Lipinski definition) is 2. The Bertz CT molecular complexity index is 866. The highest BCUT2D eigenvalue weighted by molar-refractivity contribution is 7.80. The van der Waals surface area contributed by atoms with E-state index in [1.165, 1.54) is 24.8 Å². The van der Waals surface area contributed by atoms with Crippen LogP contribution in [0.2, 0.25) is 0 Å². The molecule has 6 heteroatoms. The molecule has 0 saturated heterocycles. The van der Waals surface area contributed by atoms with Crippen molar-refractivity contribution in [1.82, 2.24) is 10.6 Å². The van der Waals surface area contributed by atoms with Crippen LogP contribution in [0, 0.1) is 5.82 Å². The topological polar surface area (TPSA) is 50.4 Å². The van der Waals surface area contributed by atoms with Crippen molar-refractivity contribution in [3.05, 3.63) is 77.1 Å². The van der Waals surface area contributed by atoms with Gasteiger partial charge in [0.1, 0.15) is 5.82 Å². The summed E-state index contributed by atoms with van der Waals surface area (Å²) in [7, 11) is 1.35. The number of esters is 1. The number of methoxy groups -OCH3 is 1. The molecule has 27 heavy (non-hydrogen) atoms. The summed E-state index contributed by atoms with van der Waals surface area (Å²) < 4.78 is 18.3. The second-order valence-electron chi connectivity index (χ2n) is 6.49. The summed E-state index contributed by atoms with van der Waals surface area (Å²) in [6, 6.07) is 15.7. The summed E-state index contributed by atoms with van der Waals surface area (Å²) in [5.74, 6) is -0.592. The zero-order chi connectivity index (χ0) is 19.4. The minimum Gasteiger partial charge on any atom is -0.466 e. The predicted octanol–water partition coefficient (Wildman–Crippen LogP) is 3.75. The van der Waals surface area contributed by atoms with Crippen LogP contribution in [0.4, 0.5) is 4.39 Å². The van der Waals surface area contributed by atoms with Crippen LogP contribution in [0.15, 0.2) is 60.2 Å². The second kappa shape index (κ2) is 8.31. The first-order valence-electron chi connectivity index (χ1n) is 8.70. The van der Waals surface area contributed by atoms with E-state index < -0.39 is 5.97 Å². The van der Waals surface area contributed by atoms with E-state index in [9.17, 15) is 9.18 Å². The molecule has 1 aliphatic heterocycles. The Labute approximate surface area is 163 Å². The van der Waals surface area contributed by atoms with Gasteiger partial charge in [0.2, 0.25) is 0 Å². The maximum atomic E-state index is 13.3. The molecule has 2 unspecified atom stereocenters. The molecule has 2 aromatic carbocycles.